The molecule has 1 aromatic carbocycles. The van der Waals surface area contributed by atoms with Crippen molar-refractivity contribution in [1.82, 2.24) is 4.37 Å². The van der Waals surface area contributed by atoms with Gasteiger partial charge in [0.15, 0.2) is 0 Å². The topological polar surface area (TPSA) is 24.9 Å². The summed E-state index contributed by atoms with van der Waals surface area (Å²) in [5.41, 5.74) is 1.11. The molecule has 1 aliphatic carbocycles. The summed E-state index contributed by atoms with van der Waals surface area (Å²) < 4.78 is 4.40. The summed E-state index contributed by atoms with van der Waals surface area (Å²) in [6.07, 6.45) is 2.79. The molecule has 1 aromatic heterocycles. The van der Waals surface area contributed by atoms with E-state index in [4.69, 9.17) is 0 Å². The van der Waals surface area contributed by atoms with Crippen LogP contribution in [0.25, 0.3) is 10.9 Å². The molecule has 1 aliphatic rings. The minimum absolute atomic E-state index is 0.913. The smallest absolute Gasteiger partial charge is 0.117 e. The Morgan fingerprint density at radius 2 is 2.21 bits per heavy atom. The highest BCUT2D eigenvalue weighted by molar-refractivity contribution is 7.11. The maximum Gasteiger partial charge on any atom is 0.117 e. The maximum atomic E-state index is 4.40. The van der Waals surface area contributed by atoms with E-state index in [-0.39, 0.29) is 0 Å². The van der Waals surface area contributed by atoms with Crippen molar-refractivity contribution in [3.8, 4) is 0 Å². The first-order valence-electron chi connectivity index (χ1n) is 5.02. The summed E-state index contributed by atoms with van der Waals surface area (Å²) >= 11 is 1.57. The molecule has 0 saturated heterocycles. The number of hydrogen-bond acceptors (Lipinski definition) is 3. The lowest BCUT2D eigenvalue weighted by Crippen LogP contribution is -2.01. The normalized spacial score (nSPS) is 16.0. The van der Waals surface area contributed by atoms with Gasteiger partial charge in [-0.15, -0.1) is 0 Å². The van der Waals surface area contributed by atoms with Crippen molar-refractivity contribution in [1.29, 1.82) is 0 Å². The summed E-state index contributed by atoms with van der Waals surface area (Å²) in [5, 5.41) is 5.98. The summed E-state index contributed by atoms with van der Waals surface area (Å²) in [4.78, 5) is 0. The van der Waals surface area contributed by atoms with E-state index in [1.54, 1.807) is 11.5 Å². The fourth-order valence-electron chi connectivity index (χ4n) is 1.58. The van der Waals surface area contributed by atoms with Crippen LogP contribution in [-0.4, -0.2) is 10.9 Å². The SMILES string of the molecule is c1ccc2c(NCC3CC3)snc2c1. The van der Waals surface area contributed by atoms with Gasteiger partial charge in [0.25, 0.3) is 0 Å². The molecule has 0 amide bonds. The van der Waals surface area contributed by atoms with Crippen molar-refractivity contribution >= 4 is 27.4 Å². The number of rotatable bonds is 3. The molecule has 2 aromatic rings. The van der Waals surface area contributed by atoms with Crippen LogP contribution in [-0.2, 0) is 0 Å². The Morgan fingerprint density at radius 1 is 1.36 bits per heavy atom. The molecule has 72 valence electrons. The Balaban J connectivity index is 1.87. The summed E-state index contributed by atoms with van der Waals surface area (Å²) in [5.74, 6) is 0.913. The van der Waals surface area contributed by atoms with Crippen molar-refractivity contribution in [3.63, 3.8) is 0 Å². The number of aromatic nitrogens is 1. The van der Waals surface area contributed by atoms with Crippen molar-refractivity contribution in [2.45, 2.75) is 12.8 Å². The Bertz CT molecular complexity index is 445. The van der Waals surface area contributed by atoms with Crippen LogP contribution in [0.5, 0.6) is 0 Å². The zero-order chi connectivity index (χ0) is 9.38. The molecule has 0 atom stereocenters. The highest BCUT2D eigenvalue weighted by atomic mass is 32.1. The number of fused-ring (bicyclic) bond motifs is 1. The largest absolute Gasteiger partial charge is 0.375 e. The average Bonchev–Trinajstić information content (AvgIpc) is 2.96. The third kappa shape index (κ3) is 1.48. The van der Waals surface area contributed by atoms with Gasteiger partial charge in [0, 0.05) is 11.9 Å². The van der Waals surface area contributed by atoms with E-state index in [0.717, 1.165) is 18.0 Å². The highest BCUT2D eigenvalue weighted by Crippen LogP contribution is 2.32. The van der Waals surface area contributed by atoms with Gasteiger partial charge in [-0.2, -0.15) is 4.37 Å². The molecular formula is C11H12N2S. The highest BCUT2D eigenvalue weighted by Gasteiger charge is 2.21. The second-order valence-electron chi connectivity index (χ2n) is 3.85. The van der Waals surface area contributed by atoms with Gasteiger partial charge in [-0.05, 0) is 42.4 Å². The van der Waals surface area contributed by atoms with Crippen LogP contribution < -0.4 is 5.32 Å². The first-order chi connectivity index (χ1) is 6.93. The quantitative estimate of drug-likeness (QED) is 0.831. The molecule has 3 rings (SSSR count). The molecule has 1 heterocycles. The molecule has 14 heavy (non-hydrogen) atoms. The third-order valence-corrected chi connectivity index (χ3v) is 3.47. The van der Waals surface area contributed by atoms with E-state index in [0.29, 0.717) is 0 Å². The van der Waals surface area contributed by atoms with E-state index >= 15 is 0 Å². The Morgan fingerprint density at radius 3 is 3.07 bits per heavy atom. The van der Waals surface area contributed by atoms with Crippen LogP contribution in [0.3, 0.4) is 0 Å². The predicted molar refractivity (Wildman–Crippen MR) is 60.8 cm³/mol. The molecule has 0 bridgehead atoms. The third-order valence-electron chi connectivity index (χ3n) is 2.63. The average molecular weight is 204 g/mol. The second-order valence-corrected chi connectivity index (χ2v) is 4.63. The summed E-state index contributed by atoms with van der Waals surface area (Å²) in [6, 6.07) is 8.30. The van der Waals surface area contributed by atoms with Crippen LogP contribution in [0.1, 0.15) is 12.8 Å². The van der Waals surface area contributed by atoms with Crippen molar-refractivity contribution < 1.29 is 0 Å². The second kappa shape index (κ2) is 3.24. The molecule has 0 unspecified atom stereocenters. The standard InChI is InChI=1S/C11H12N2S/c1-2-4-10-9(3-1)11(14-13-10)12-7-8-5-6-8/h1-4,8,12H,5-7H2. The van der Waals surface area contributed by atoms with Gasteiger partial charge < -0.3 is 5.32 Å². The lowest BCUT2D eigenvalue weighted by atomic mass is 10.2. The van der Waals surface area contributed by atoms with Gasteiger partial charge in [-0.25, -0.2) is 0 Å². The van der Waals surface area contributed by atoms with Crippen LogP contribution in [0.4, 0.5) is 5.00 Å². The van der Waals surface area contributed by atoms with Gasteiger partial charge >= 0.3 is 0 Å². The van der Waals surface area contributed by atoms with Crippen molar-refractivity contribution in [3.05, 3.63) is 24.3 Å². The van der Waals surface area contributed by atoms with Crippen molar-refractivity contribution in [2.24, 2.45) is 5.92 Å². The minimum Gasteiger partial charge on any atom is -0.375 e. The number of anilines is 1. The molecular weight excluding hydrogens is 192 g/mol. The molecule has 1 fully saturated rings. The number of nitrogens with zero attached hydrogens (tertiary/aromatic N) is 1. The van der Waals surface area contributed by atoms with Gasteiger partial charge in [0.1, 0.15) is 5.00 Å². The number of benzene rings is 1. The fourth-order valence-corrected chi connectivity index (χ4v) is 2.34. The first kappa shape index (κ1) is 8.24. The number of hydrogen-bond donors (Lipinski definition) is 1. The zero-order valence-corrected chi connectivity index (χ0v) is 8.68. The summed E-state index contributed by atoms with van der Waals surface area (Å²) in [7, 11) is 0. The van der Waals surface area contributed by atoms with Gasteiger partial charge in [0.05, 0.1) is 5.52 Å². The van der Waals surface area contributed by atoms with Crippen LogP contribution in [0.15, 0.2) is 24.3 Å². The van der Waals surface area contributed by atoms with E-state index in [2.05, 4.69) is 27.9 Å². The van der Waals surface area contributed by atoms with E-state index in [9.17, 15) is 0 Å². The molecule has 1 N–H and O–H groups in total. The predicted octanol–water partition coefficient (Wildman–Crippen LogP) is 3.12. The molecule has 0 radical (unpaired) electrons. The lowest BCUT2D eigenvalue weighted by molar-refractivity contribution is 0.893. The Labute approximate surface area is 87.1 Å². The Hall–Kier alpha value is -1.09. The lowest BCUT2D eigenvalue weighted by Gasteiger charge is -2.00. The monoisotopic (exact) mass is 204 g/mol. The molecule has 0 spiro atoms. The van der Waals surface area contributed by atoms with E-state index < -0.39 is 0 Å². The summed E-state index contributed by atoms with van der Waals surface area (Å²) in [6.45, 7) is 1.12. The Kier molecular flexibility index (Phi) is 1.91. The minimum atomic E-state index is 0.913. The van der Waals surface area contributed by atoms with Crippen LogP contribution >= 0.6 is 11.5 Å². The van der Waals surface area contributed by atoms with Gasteiger partial charge in [0.2, 0.25) is 0 Å². The first-order valence-corrected chi connectivity index (χ1v) is 5.79. The molecule has 0 aliphatic heterocycles. The number of nitrogens with one attached hydrogen (secondary N) is 1. The molecule has 3 heteroatoms. The van der Waals surface area contributed by atoms with E-state index in [1.807, 2.05) is 6.07 Å². The fraction of sp³-hybridized carbons (Fsp3) is 0.364. The van der Waals surface area contributed by atoms with Crippen LogP contribution in [0, 0.1) is 5.92 Å². The van der Waals surface area contributed by atoms with Crippen LogP contribution in [0.2, 0.25) is 0 Å². The maximum absolute atomic E-state index is 4.40. The molecule has 2 nitrogen and oxygen atoms in total. The van der Waals surface area contributed by atoms with E-state index in [1.165, 1.54) is 23.2 Å². The zero-order valence-electron chi connectivity index (χ0n) is 7.86. The molecule has 1 saturated carbocycles. The van der Waals surface area contributed by atoms with Crippen molar-refractivity contribution in [2.75, 3.05) is 11.9 Å². The van der Waals surface area contributed by atoms with Gasteiger partial charge in [-0.3, -0.25) is 0 Å². The van der Waals surface area contributed by atoms with Gasteiger partial charge in [-0.1, -0.05) is 12.1 Å².